The van der Waals surface area contributed by atoms with Gasteiger partial charge in [-0.25, -0.2) is 0 Å². The quantitative estimate of drug-likeness (QED) is 0.106. The van der Waals surface area contributed by atoms with Gasteiger partial charge in [0, 0.05) is 76.2 Å². The summed E-state index contributed by atoms with van der Waals surface area (Å²) in [6.45, 7) is 12.2. The van der Waals surface area contributed by atoms with Crippen LogP contribution in [0.3, 0.4) is 0 Å². The highest BCUT2D eigenvalue weighted by atomic mass is 16.8. The van der Waals surface area contributed by atoms with Gasteiger partial charge < -0.3 is 90.9 Å². The molecule has 4 fully saturated rings. The average Bonchev–Trinajstić information content (AvgIpc) is 3.27. The number of rotatable bonds is 19. The van der Waals surface area contributed by atoms with Crippen molar-refractivity contribution < 1.29 is 138 Å². The van der Waals surface area contributed by atoms with Crippen molar-refractivity contribution in [3.63, 3.8) is 0 Å². The summed E-state index contributed by atoms with van der Waals surface area (Å²) in [5.74, 6) is -10.3. The molecule has 4 heterocycles. The summed E-state index contributed by atoms with van der Waals surface area (Å²) < 4.78 is 99.4. The van der Waals surface area contributed by atoms with Crippen LogP contribution in [0.2, 0.25) is 0 Å². The van der Waals surface area contributed by atoms with E-state index in [1.807, 2.05) is 0 Å². The molecule has 4 rings (SSSR count). The Bertz CT molecular complexity index is 2140. The second-order valence-corrected chi connectivity index (χ2v) is 17.8. The number of nitrogens with one attached hydrogen (secondary N) is 1. The van der Waals surface area contributed by atoms with Crippen LogP contribution in [-0.4, -0.2) is 207 Å². The Labute approximate surface area is 434 Å². The van der Waals surface area contributed by atoms with E-state index in [-0.39, 0.29) is 0 Å². The molecule has 4 aliphatic heterocycles. The largest absolute Gasteiger partial charge is 0.463 e. The van der Waals surface area contributed by atoms with Crippen LogP contribution in [0.5, 0.6) is 0 Å². The Balaban J connectivity index is 2.04. The Morgan fingerprint density at radius 3 is 1.03 bits per heavy atom. The fourth-order valence-electron chi connectivity index (χ4n) is 8.72. The van der Waals surface area contributed by atoms with Crippen molar-refractivity contribution in [2.45, 2.75) is 213 Å². The molecule has 1 amide bonds. The summed E-state index contributed by atoms with van der Waals surface area (Å²) in [6.07, 6.45) is -33.7. The van der Waals surface area contributed by atoms with E-state index in [1.165, 1.54) is 13.8 Å². The van der Waals surface area contributed by atoms with Crippen molar-refractivity contribution in [3.8, 4) is 0 Å². The fourth-order valence-corrected chi connectivity index (χ4v) is 8.72. The van der Waals surface area contributed by atoms with Gasteiger partial charge in [-0.3, -0.25) is 52.7 Å². The van der Waals surface area contributed by atoms with E-state index in [2.05, 4.69) is 5.32 Å². The van der Waals surface area contributed by atoms with Crippen molar-refractivity contribution in [2.24, 2.45) is 0 Å². The van der Waals surface area contributed by atoms with E-state index in [9.17, 15) is 57.8 Å². The minimum atomic E-state index is -2.16. The smallest absolute Gasteiger partial charge is 0.303 e. The topological polar surface area (TPSA) is 377 Å². The SMILES string of the molecule is CC(=O)N[C@H]1C(O)O[C@H](COC(C)=O)[C@@H](O[C@@H]2O[C@H](COC(C)=O)[C@H](OC(C)=O)[C@H](OC(C)=O)[C@H]2O[C@@H]2O[C@@H](C)[C@@H](OC(C)=O)[C@@H](OC(C)=O)[C@@H]2OC(C)=O)[C@@H]1O[C@@H]1O[C@@H](C)[C@@H](OC(C)=O)[C@@H](OC(C)=O)[C@@H]1OC(C)=O. The fraction of sp³-hybridized carbons (Fsp3) is 0.761. The maximum atomic E-state index is 13.1. The number of hydrogen-bond donors (Lipinski definition) is 2. The maximum Gasteiger partial charge on any atom is 0.303 e. The first kappa shape index (κ1) is 62.4. The molecule has 4 aliphatic rings. The van der Waals surface area contributed by atoms with E-state index >= 15 is 0 Å². The van der Waals surface area contributed by atoms with Crippen molar-refractivity contribution >= 4 is 65.6 Å². The molecule has 0 aromatic heterocycles. The highest BCUT2D eigenvalue weighted by molar-refractivity contribution is 5.73. The van der Waals surface area contributed by atoms with Crippen LogP contribution in [0, 0.1) is 0 Å². The van der Waals surface area contributed by atoms with Crippen LogP contribution in [-0.2, 0) is 133 Å². The second kappa shape index (κ2) is 27.8. The lowest BCUT2D eigenvalue weighted by Crippen LogP contribution is -2.71. The van der Waals surface area contributed by atoms with Crippen molar-refractivity contribution in [1.82, 2.24) is 5.32 Å². The third-order valence-corrected chi connectivity index (χ3v) is 11.3. The van der Waals surface area contributed by atoms with Gasteiger partial charge in [0.25, 0.3) is 0 Å². The number of esters is 10. The summed E-state index contributed by atoms with van der Waals surface area (Å²) >= 11 is 0. The van der Waals surface area contributed by atoms with Gasteiger partial charge in [-0.05, 0) is 13.8 Å². The maximum absolute atomic E-state index is 13.1. The second-order valence-electron chi connectivity index (χ2n) is 17.8. The number of carbonyl (C=O) groups excluding carboxylic acids is 11. The molecule has 0 aromatic carbocycles. The number of ether oxygens (including phenoxy) is 17. The molecule has 0 saturated carbocycles. The van der Waals surface area contributed by atoms with Crippen LogP contribution in [0.4, 0.5) is 0 Å². The molecular formula is C46H65NO29. The van der Waals surface area contributed by atoms with E-state index in [0.29, 0.717) is 0 Å². The molecule has 4 saturated heterocycles. The summed E-state index contributed by atoms with van der Waals surface area (Å²) in [5.41, 5.74) is 0. The summed E-state index contributed by atoms with van der Waals surface area (Å²) in [6, 6.07) is -1.78. The van der Waals surface area contributed by atoms with Crippen LogP contribution in [0.15, 0.2) is 0 Å². The predicted molar refractivity (Wildman–Crippen MR) is 238 cm³/mol. The minimum absolute atomic E-state index is 0.770. The van der Waals surface area contributed by atoms with Crippen molar-refractivity contribution in [2.75, 3.05) is 13.2 Å². The molecule has 30 nitrogen and oxygen atoms in total. The van der Waals surface area contributed by atoms with Crippen molar-refractivity contribution in [1.29, 1.82) is 0 Å². The lowest BCUT2D eigenvalue weighted by Gasteiger charge is -2.51. The van der Waals surface area contributed by atoms with Crippen molar-refractivity contribution in [3.05, 3.63) is 0 Å². The van der Waals surface area contributed by atoms with Crippen LogP contribution in [0.1, 0.15) is 90.0 Å². The Hall–Kier alpha value is -6.15. The average molecular weight is 1100 g/mol. The minimum Gasteiger partial charge on any atom is -0.463 e. The van der Waals surface area contributed by atoms with Gasteiger partial charge in [0.2, 0.25) is 5.91 Å². The summed E-state index contributed by atoms with van der Waals surface area (Å²) in [5, 5.41) is 14.1. The number of carbonyl (C=O) groups is 11. The van der Waals surface area contributed by atoms with Gasteiger partial charge in [0.05, 0.1) is 12.2 Å². The zero-order valence-electron chi connectivity index (χ0n) is 43.8. The molecule has 0 radical (unpaired) electrons. The number of amides is 1. The Morgan fingerprint density at radius 2 is 0.658 bits per heavy atom. The van der Waals surface area contributed by atoms with Crippen LogP contribution < -0.4 is 5.32 Å². The molecule has 30 heteroatoms. The highest BCUT2D eigenvalue weighted by Gasteiger charge is 2.60. The molecule has 0 bridgehead atoms. The predicted octanol–water partition coefficient (Wildman–Crippen LogP) is -1.84. The van der Waals surface area contributed by atoms with Gasteiger partial charge in [-0.15, -0.1) is 0 Å². The summed E-state index contributed by atoms with van der Waals surface area (Å²) in [4.78, 5) is 139. The standard InChI is InChI=1S/C46H65NO29/c1-16-32(64-21(6)51)37(67-24(9)54)40(70-27(12)57)44(62-16)75-36-31(47-18(3)48)43(59)72-29(14-60-19(4)49)34(36)74-46-42(39(69-26(11)56)35(66-23(8)53)30(73-46)15-61-20(5)50)76-45-41(71-28(13)58)38(68-25(10)55)33(17(2)63-45)65-22(7)52/h16-17,29-46,59H,14-15H2,1-13H3,(H,47,48)/t16-,17-,29+,30+,31+,32+,33+,34+,35-,36+,37+,38+,39-,40-,41-,42+,43?,44-,45-,46-/m0/s1. The monoisotopic (exact) mass is 1100 g/mol. The molecule has 0 aliphatic carbocycles. The highest BCUT2D eigenvalue weighted by Crippen LogP contribution is 2.39. The van der Waals surface area contributed by atoms with Gasteiger partial charge >= 0.3 is 59.7 Å². The Morgan fingerprint density at radius 1 is 0.355 bits per heavy atom. The number of aliphatic hydroxyl groups excluding tert-OH is 1. The van der Waals surface area contributed by atoms with E-state index in [1.54, 1.807) is 0 Å². The molecule has 20 atom stereocenters. The molecule has 76 heavy (non-hydrogen) atoms. The number of aliphatic hydroxyl groups is 1. The first-order chi connectivity index (χ1) is 35.5. The lowest BCUT2D eigenvalue weighted by molar-refractivity contribution is -0.391. The van der Waals surface area contributed by atoms with E-state index < -0.39 is 202 Å². The number of hydrogen-bond acceptors (Lipinski definition) is 29. The molecule has 428 valence electrons. The van der Waals surface area contributed by atoms with Crippen LogP contribution >= 0.6 is 0 Å². The first-order valence-electron chi connectivity index (χ1n) is 23.7. The molecular weight excluding hydrogens is 1030 g/mol. The van der Waals surface area contributed by atoms with E-state index in [0.717, 1.165) is 76.2 Å². The first-order valence-corrected chi connectivity index (χ1v) is 23.7. The molecule has 0 spiro atoms. The zero-order valence-corrected chi connectivity index (χ0v) is 43.8. The van der Waals surface area contributed by atoms with Gasteiger partial charge in [-0.2, -0.15) is 0 Å². The van der Waals surface area contributed by atoms with Crippen LogP contribution in [0.25, 0.3) is 0 Å². The third-order valence-electron chi connectivity index (χ3n) is 11.3. The third kappa shape index (κ3) is 17.4. The normalized spacial score (nSPS) is 35.1. The van der Waals surface area contributed by atoms with Gasteiger partial charge in [-0.1, -0.05) is 0 Å². The molecule has 2 N–H and O–H groups in total. The zero-order chi connectivity index (χ0) is 57.0. The summed E-state index contributed by atoms with van der Waals surface area (Å²) in [7, 11) is 0. The van der Waals surface area contributed by atoms with Gasteiger partial charge in [0.15, 0.2) is 80.1 Å². The molecule has 0 aromatic rings. The van der Waals surface area contributed by atoms with Gasteiger partial charge in [0.1, 0.15) is 43.7 Å². The molecule has 1 unspecified atom stereocenters. The van der Waals surface area contributed by atoms with E-state index in [4.69, 9.17) is 80.5 Å². The Kier molecular flexibility index (Phi) is 22.8. The lowest BCUT2D eigenvalue weighted by atomic mass is 9.94.